The number of aliphatic hydroxyl groups is 1. The number of phenolic OH excluding ortho intramolecular Hbond substituents is 1. The standard InChI is InChI=1S/C30H32O4S/c1-20-10-15-24(29(2,3)4)26(18-20)35-27-25(32)19-30(34-28(27)33,22-11-13-23(31)14-12-22)17-16-21-8-6-5-7-9-21/h5-15,18,31-32H,16-17,19H2,1-4H3. The first-order chi connectivity index (χ1) is 16.6. The van der Waals surface area contributed by atoms with E-state index in [2.05, 4.69) is 39.0 Å². The molecule has 3 aromatic carbocycles. The number of esters is 1. The first kappa shape index (κ1) is 24.9. The predicted molar refractivity (Wildman–Crippen MR) is 141 cm³/mol. The van der Waals surface area contributed by atoms with Crippen LogP contribution in [-0.2, 0) is 27.0 Å². The molecule has 0 amide bonds. The zero-order chi connectivity index (χ0) is 25.2. The summed E-state index contributed by atoms with van der Waals surface area (Å²) >= 11 is 1.28. The number of cyclic esters (lactones) is 1. The topological polar surface area (TPSA) is 66.8 Å². The van der Waals surface area contributed by atoms with E-state index in [0.717, 1.165) is 27.1 Å². The lowest BCUT2D eigenvalue weighted by Gasteiger charge is -2.38. The van der Waals surface area contributed by atoms with Gasteiger partial charge in [-0.2, -0.15) is 0 Å². The number of ether oxygens (including phenoxy) is 1. The molecule has 0 fully saturated rings. The van der Waals surface area contributed by atoms with Gasteiger partial charge in [-0.05, 0) is 65.6 Å². The molecule has 1 heterocycles. The van der Waals surface area contributed by atoms with E-state index in [-0.39, 0.29) is 28.2 Å². The van der Waals surface area contributed by atoms with Crippen molar-refractivity contribution >= 4 is 17.7 Å². The number of rotatable bonds is 6. The number of aliphatic hydroxyl groups excluding tert-OH is 1. The van der Waals surface area contributed by atoms with Crippen LogP contribution in [0.1, 0.15) is 55.9 Å². The van der Waals surface area contributed by atoms with Crippen LogP contribution in [0.4, 0.5) is 0 Å². The molecule has 3 aromatic rings. The van der Waals surface area contributed by atoms with Crippen molar-refractivity contribution in [3.05, 3.63) is 106 Å². The van der Waals surface area contributed by atoms with Gasteiger partial charge in [0.1, 0.15) is 22.0 Å². The summed E-state index contributed by atoms with van der Waals surface area (Å²) in [6.07, 6.45) is 1.36. The summed E-state index contributed by atoms with van der Waals surface area (Å²) in [5.74, 6) is -0.353. The van der Waals surface area contributed by atoms with Crippen molar-refractivity contribution in [1.29, 1.82) is 0 Å². The van der Waals surface area contributed by atoms with Gasteiger partial charge in [-0.25, -0.2) is 4.79 Å². The van der Waals surface area contributed by atoms with Crippen molar-refractivity contribution in [3.63, 3.8) is 0 Å². The minimum absolute atomic E-state index is 0.0359. The molecule has 0 saturated heterocycles. The second kappa shape index (κ2) is 9.82. The minimum Gasteiger partial charge on any atom is -0.511 e. The highest BCUT2D eigenvalue weighted by Gasteiger charge is 2.43. The van der Waals surface area contributed by atoms with Gasteiger partial charge < -0.3 is 14.9 Å². The SMILES string of the molecule is Cc1ccc(C(C)(C)C)c(SC2=C(O)CC(CCc3ccccc3)(c3ccc(O)cc3)OC2=O)c1. The van der Waals surface area contributed by atoms with E-state index in [4.69, 9.17) is 4.74 Å². The third kappa shape index (κ3) is 5.57. The van der Waals surface area contributed by atoms with Crippen molar-refractivity contribution in [2.24, 2.45) is 0 Å². The van der Waals surface area contributed by atoms with Crippen molar-refractivity contribution in [1.82, 2.24) is 0 Å². The Morgan fingerprint density at radius 2 is 1.66 bits per heavy atom. The van der Waals surface area contributed by atoms with E-state index in [1.807, 2.05) is 37.3 Å². The number of benzene rings is 3. The molecule has 0 saturated carbocycles. The van der Waals surface area contributed by atoms with Gasteiger partial charge >= 0.3 is 5.97 Å². The summed E-state index contributed by atoms with van der Waals surface area (Å²) in [5, 5.41) is 21.0. The Kier molecular flexibility index (Phi) is 7.00. The predicted octanol–water partition coefficient (Wildman–Crippen LogP) is 7.34. The molecule has 0 radical (unpaired) electrons. The molecular weight excluding hydrogens is 456 g/mol. The zero-order valence-corrected chi connectivity index (χ0v) is 21.5. The third-order valence-electron chi connectivity index (χ3n) is 6.40. The zero-order valence-electron chi connectivity index (χ0n) is 20.7. The number of phenols is 1. The van der Waals surface area contributed by atoms with Crippen LogP contribution >= 0.6 is 11.8 Å². The molecule has 5 heteroatoms. The summed E-state index contributed by atoms with van der Waals surface area (Å²) in [6, 6.07) is 22.9. The van der Waals surface area contributed by atoms with Crippen LogP contribution in [0.25, 0.3) is 0 Å². The van der Waals surface area contributed by atoms with Gasteiger partial charge in [0, 0.05) is 4.90 Å². The normalized spacial score (nSPS) is 18.5. The minimum atomic E-state index is -1.02. The van der Waals surface area contributed by atoms with Gasteiger partial charge in [0.05, 0.1) is 6.42 Å². The third-order valence-corrected chi connectivity index (χ3v) is 7.56. The van der Waals surface area contributed by atoms with Gasteiger partial charge in [-0.15, -0.1) is 0 Å². The van der Waals surface area contributed by atoms with Gasteiger partial charge in [-0.3, -0.25) is 0 Å². The first-order valence-corrected chi connectivity index (χ1v) is 12.7. The maximum Gasteiger partial charge on any atom is 0.349 e. The van der Waals surface area contributed by atoms with Crippen molar-refractivity contribution < 1.29 is 19.7 Å². The van der Waals surface area contributed by atoms with Crippen molar-refractivity contribution in [2.75, 3.05) is 0 Å². The molecular formula is C30H32O4S. The lowest BCUT2D eigenvalue weighted by molar-refractivity contribution is -0.160. The van der Waals surface area contributed by atoms with Gasteiger partial charge in [0.15, 0.2) is 0 Å². The second-order valence-electron chi connectivity index (χ2n) is 10.2. The monoisotopic (exact) mass is 488 g/mol. The fourth-order valence-corrected chi connectivity index (χ4v) is 5.74. The van der Waals surface area contributed by atoms with Crippen LogP contribution in [-0.4, -0.2) is 16.2 Å². The number of carbonyl (C=O) groups excluding carboxylic acids is 1. The highest BCUT2D eigenvalue weighted by Crippen LogP contribution is 2.46. The number of aromatic hydroxyl groups is 1. The average Bonchev–Trinajstić information content (AvgIpc) is 2.80. The van der Waals surface area contributed by atoms with E-state index >= 15 is 0 Å². The number of carbonyl (C=O) groups is 1. The molecule has 0 spiro atoms. The largest absolute Gasteiger partial charge is 0.511 e. The Labute approximate surface area is 211 Å². The molecule has 35 heavy (non-hydrogen) atoms. The van der Waals surface area contributed by atoms with Crippen LogP contribution in [0.5, 0.6) is 5.75 Å². The summed E-state index contributed by atoms with van der Waals surface area (Å²) in [6.45, 7) is 8.42. The Hall–Kier alpha value is -3.18. The van der Waals surface area contributed by atoms with E-state index in [1.54, 1.807) is 24.3 Å². The van der Waals surface area contributed by atoms with Crippen molar-refractivity contribution in [3.8, 4) is 5.75 Å². The molecule has 0 aromatic heterocycles. The van der Waals surface area contributed by atoms with E-state index in [9.17, 15) is 15.0 Å². The fraction of sp³-hybridized carbons (Fsp3) is 0.300. The molecule has 0 aliphatic carbocycles. The lowest BCUT2D eigenvalue weighted by Crippen LogP contribution is -2.38. The van der Waals surface area contributed by atoms with Crippen LogP contribution < -0.4 is 0 Å². The van der Waals surface area contributed by atoms with Gasteiger partial charge in [0.2, 0.25) is 0 Å². The van der Waals surface area contributed by atoms with Gasteiger partial charge in [-0.1, -0.05) is 87.1 Å². The van der Waals surface area contributed by atoms with Gasteiger partial charge in [0.25, 0.3) is 0 Å². The maximum atomic E-state index is 13.4. The fourth-order valence-electron chi connectivity index (χ4n) is 4.47. The average molecular weight is 489 g/mol. The van der Waals surface area contributed by atoms with E-state index in [0.29, 0.717) is 12.8 Å². The van der Waals surface area contributed by atoms with Crippen molar-refractivity contribution in [2.45, 2.75) is 62.9 Å². The molecule has 4 nitrogen and oxygen atoms in total. The highest BCUT2D eigenvalue weighted by molar-refractivity contribution is 8.04. The lowest BCUT2D eigenvalue weighted by atomic mass is 9.82. The summed E-state index contributed by atoms with van der Waals surface area (Å²) in [5.41, 5.74) is 2.94. The highest BCUT2D eigenvalue weighted by atomic mass is 32.2. The molecule has 1 unspecified atom stereocenters. The molecule has 182 valence electrons. The quantitative estimate of drug-likeness (QED) is 0.356. The smallest absolute Gasteiger partial charge is 0.349 e. The Balaban J connectivity index is 1.70. The van der Waals surface area contributed by atoms with Crippen LogP contribution in [0, 0.1) is 6.92 Å². The molecule has 2 N–H and O–H groups in total. The molecule has 1 aliphatic heterocycles. The second-order valence-corrected chi connectivity index (χ2v) is 11.3. The van der Waals surface area contributed by atoms with Crippen LogP contribution in [0.15, 0.2) is 88.4 Å². The molecule has 1 aliphatic rings. The molecule has 1 atom stereocenters. The van der Waals surface area contributed by atoms with Crippen LogP contribution in [0.3, 0.4) is 0 Å². The summed E-state index contributed by atoms with van der Waals surface area (Å²) < 4.78 is 6.17. The number of hydrogen-bond donors (Lipinski definition) is 2. The Bertz CT molecular complexity index is 1240. The summed E-state index contributed by atoms with van der Waals surface area (Å²) in [7, 11) is 0. The first-order valence-electron chi connectivity index (χ1n) is 11.9. The van der Waals surface area contributed by atoms with E-state index in [1.165, 1.54) is 11.8 Å². The number of aryl methyl sites for hydroxylation is 2. The van der Waals surface area contributed by atoms with E-state index < -0.39 is 11.6 Å². The Morgan fingerprint density at radius 3 is 2.29 bits per heavy atom. The number of thioether (sulfide) groups is 1. The van der Waals surface area contributed by atoms with Crippen LogP contribution in [0.2, 0.25) is 0 Å². The maximum absolute atomic E-state index is 13.4. The number of hydrogen-bond acceptors (Lipinski definition) is 5. The molecule has 4 rings (SSSR count). The molecule has 0 bridgehead atoms. The summed E-state index contributed by atoms with van der Waals surface area (Å²) in [4.78, 5) is 14.6. The Morgan fingerprint density at radius 1 is 0.971 bits per heavy atom.